The quantitative estimate of drug-likeness (QED) is 0.446. The Bertz CT molecular complexity index is 1080. The zero-order chi connectivity index (χ0) is 23.4. The maximum atomic E-state index is 10.5. The molecule has 3 aromatic rings. The molecule has 0 unspecified atom stereocenters. The molecular weight excluding hydrogens is 446 g/mol. The van der Waals surface area contributed by atoms with Gasteiger partial charge in [-0.2, -0.15) is 4.98 Å². The standard InChI is InChI=1S/C24H26ClN3O5/c1-24(2,18-7-9-19(25)10-8-18)15-31-14-21-26-22(27-33-21)17-5-3-16(4-6-17)11-28-12-20(13-28)32-23(29)30/h3-10,20H,11-15H2,1-2H3,(H,29,30). The Kier molecular flexibility index (Phi) is 6.97. The summed E-state index contributed by atoms with van der Waals surface area (Å²) in [7, 11) is 0. The smallest absolute Gasteiger partial charge is 0.450 e. The molecule has 4 rings (SSSR count). The summed E-state index contributed by atoms with van der Waals surface area (Å²) in [6.07, 6.45) is -1.46. The number of hydrogen-bond donors (Lipinski definition) is 1. The van der Waals surface area contributed by atoms with Gasteiger partial charge in [0.15, 0.2) is 0 Å². The van der Waals surface area contributed by atoms with Gasteiger partial charge >= 0.3 is 6.16 Å². The zero-order valence-corrected chi connectivity index (χ0v) is 19.3. The van der Waals surface area contributed by atoms with Crippen LogP contribution in [0.25, 0.3) is 11.4 Å². The molecule has 0 saturated carbocycles. The molecule has 0 aliphatic carbocycles. The largest absolute Gasteiger partial charge is 0.506 e. The SMILES string of the molecule is CC(C)(COCc1nc(-c2ccc(CN3CC(OC(=O)O)C3)cc2)no1)c1ccc(Cl)cc1. The van der Waals surface area contributed by atoms with Crippen LogP contribution in [0.15, 0.2) is 53.1 Å². The molecule has 0 amide bonds. The molecule has 1 fully saturated rings. The first-order chi connectivity index (χ1) is 15.8. The Morgan fingerprint density at radius 1 is 1.18 bits per heavy atom. The lowest BCUT2D eigenvalue weighted by atomic mass is 9.86. The molecule has 1 aliphatic rings. The lowest BCUT2D eigenvalue weighted by molar-refractivity contribution is -0.0363. The van der Waals surface area contributed by atoms with Crippen molar-refractivity contribution in [2.75, 3.05) is 19.7 Å². The summed E-state index contributed by atoms with van der Waals surface area (Å²) in [5.74, 6) is 0.932. The summed E-state index contributed by atoms with van der Waals surface area (Å²) < 4.78 is 15.9. The third kappa shape index (κ3) is 6.10. The van der Waals surface area contributed by atoms with Crippen LogP contribution in [0.3, 0.4) is 0 Å². The van der Waals surface area contributed by atoms with Gasteiger partial charge in [0.05, 0.1) is 6.61 Å². The molecule has 2 aromatic carbocycles. The molecule has 8 nitrogen and oxygen atoms in total. The van der Waals surface area contributed by atoms with Gasteiger partial charge in [0.1, 0.15) is 12.7 Å². The van der Waals surface area contributed by atoms with E-state index in [0.717, 1.165) is 23.2 Å². The zero-order valence-electron chi connectivity index (χ0n) is 18.5. The van der Waals surface area contributed by atoms with Crippen molar-refractivity contribution in [3.63, 3.8) is 0 Å². The van der Waals surface area contributed by atoms with Gasteiger partial charge < -0.3 is 19.1 Å². The third-order valence-corrected chi connectivity index (χ3v) is 5.84. The number of carbonyl (C=O) groups is 1. The number of rotatable bonds is 9. The average molecular weight is 472 g/mol. The van der Waals surface area contributed by atoms with Crippen molar-refractivity contribution in [3.05, 3.63) is 70.6 Å². The van der Waals surface area contributed by atoms with E-state index in [1.807, 2.05) is 48.5 Å². The normalized spacial score (nSPS) is 14.8. The lowest BCUT2D eigenvalue weighted by Crippen LogP contribution is -2.52. The summed E-state index contributed by atoms with van der Waals surface area (Å²) in [5, 5.41) is 13.4. The Morgan fingerprint density at radius 3 is 2.55 bits per heavy atom. The first-order valence-electron chi connectivity index (χ1n) is 10.7. The van der Waals surface area contributed by atoms with Crippen molar-refractivity contribution in [3.8, 4) is 11.4 Å². The number of benzene rings is 2. The highest BCUT2D eigenvalue weighted by Gasteiger charge is 2.29. The number of nitrogens with zero attached hydrogens (tertiary/aromatic N) is 3. The highest BCUT2D eigenvalue weighted by molar-refractivity contribution is 6.30. The van der Waals surface area contributed by atoms with Crippen LogP contribution in [0.5, 0.6) is 0 Å². The van der Waals surface area contributed by atoms with Crippen molar-refractivity contribution in [2.45, 2.75) is 38.5 Å². The van der Waals surface area contributed by atoms with Gasteiger partial charge in [-0.25, -0.2) is 4.79 Å². The Balaban J connectivity index is 1.26. The molecule has 0 radical (unpaired) electrons. The van der Waals surface area contributed by atoms with Crippen molar-refractivity contribution in [1.29, 1.82) is 0 Å². The molecule has 1 N–H and O–H groups in total. The van der Waals surface area contributed by atoms with Crippen LogP contribution >= 0.6 is 11.6 Å². The molecule has 1 saturated heterocycles. The molecule has 9 heteroatoms. The molecule has 1 aliphatic heterocycles. The van der Waals surface area contributed by atoms with E-state index in [0.29, 0.717) is 36.4 Å². The maximum absolute atomic E-state index is 10.5. The monoisotopic (exact) mass is 471 g/mol. The van der Waals surface area contributed by atoms with E-state index in [1.54, 1.807) is 0 Å². The fraction of sp³-hybridized carbons (Fsp3) is 0.375. The third-order valence-electron chi connectivity index (χ3n) is 5.59. The van der Waals surface area contributed by atoms with Gasteiger partial charge in [0.25, 0.3) is 5.89 Å². The predicted octanol–water partition coefficient (Wildman–Crippen LogP) is 4.76. The van der Waals surface area contributed by atoms with E-state index >= 15 is 0 Å². The fourth-order valence-corrected chi connectivity index (χ4v) is 3.82. The highest BCUT2D eigenvalue weighted by Crippen LogP contribution is 2.26. The van der Waals surface area contributed by atoms with E-state index in [-0.39, 0.29) is 18.1 Å². The summed E-state index contributed by atoms with van der Waals surface area (Å²) >= 11 is 5.98. The predicted molar refractivity (Wildman–Crippen MR) is 122 cm³/mol. The summed E-state index contributed by atoms with van der Waals surface area (Å²) in [6.45, 7) is 6.89. The number of carboxylic acid groups (broad SMARTS) is 1. The van der Waals surface area contributed by atoms with Crippen LogP contribution in [0.2, 0.25) is 5.02 Å². The number of hydrogen-bond acceptors (Lipinski definition) is 7. The maximum Gasteiger partial charge on any atom is 0.506 e. The fourth-order valence-electron chi connectivity index (χ4n) is 3.69. The lowest BCUT2D eigenvalue weighted by Gasteiger charge is -2.37. The molecule has 1 aromatic heterocycles. The molecule has 0 spiro atoms. The minimum Gasteiger partial charge on any atom is -0.450 e. The molecular formula is C24H26ClN3O5. The molecule has 33 heavy (non-hydrogen) atoms. The van der Waals surface area contributed by atoms with E-state index in [2.05, 4.69) is 28.9 Å². The molecule has 0 atom stereocenters. The van der Waals surface area contributed by atoms with Crippen LogP contribution in [0, 0.1) is 0 Å². The first kappa shape index (κ1) is 23.2. The van der Waals surface area contributed by atoms with Crippen LogP contribution < -0.4 is 0 Å². The van der Waals surface area contributed by atoms with Crippen molar-refractivity contribution < 1.29 is 23.9 Å². The minimum atomic E-state index is -1.22. The number of halogens is 1. The van der Waals surface area contributed by atoms with Gasteiger partial charge in [-0.05, 0) is 23.3 Å². The molecule has 0 bridgehead atoms. The van der Waals surface area contributed by atoms with Gasteiger partial charge in [-0.1, -0.05) is 67.0 Å². The topological polar surface area (TPSA) is 97.9 Å². The van der Waals surface area contributed by atoms with Gasteiger partial charge in [-0.3, -0.25) is 4.90 Å². The van der Waals surface area contributed by atoms with E-state index in [1.165, 1.54) is 0 Å². The van der Waals surface area contributed by atoms with Gasteiger partial charge in [-0.15, -0.1) is 0 Å². The number of aromatic nitrogens is 2. The van der Waals surface area contributed by atoms with Gasteiger partial charge in [0.2, 0.25) is 5.82 Å². The van der Waals surface area contributed by atoms with E-state index < -0.39 is 6.16 Å². The van der Waals surface area contributed by atoms with Crippen molar-refractivity contribution in [2.24, 2.45) is 0 Å². The van der Waals surface area contributed by atoms with Gasteiger partial charge in [0, 0.05) is 35.6 Å². The van der Waals surface area contributed by atoms with Crippen molar-refractivity contribution >= 4 is 17.8 Å². The minimum absolute atomic E-state index is 0.181. The second-order valence-electron chi connectivity index (χ2n) is 8.79. The second-order valence-corrected chi connectivity index (χ2v) is 9.23. The molecule has 174 valence electrons. The van der Waals surface area contributed by atoms with E-state index in [9.17, 15) is 4.79 Å². The molecule has 2 heterocycles. The summed E-state index contributed by atoms with van der Waals surface area (Å²) in [5.41, 5.74) is 2.93. The van der Waals surface area contributed by atoms with Crippen LogP contribution in [-0.4, -0.2) is 52.1 Å². The summed E-state index contributed by atoms with van der Waals surface area (Å²) in [6, 6.07) is 15.7. The average Bonchev–Trinajstić information content (AvgIpc) is 3.21. The van der Waals surface area contributed by atoms with Crippen LogP contribution in [-0.2, 0) is 28.0 Å². The Hall–Kier alpha value is -2.94. The Morgan fingerprint density at radius 2 is 1.88 bits per heavy atom. The van der Waals surface area contributed by atoms with Crippen molar-refractivity contribution in [1.82, 2.24) is 15.0 Å². The number of likely N-dealkylation sites (tertiary alicyclic amines) is 1. The van der Waals surface area contributed by atoms with Crippen LogP contribution in [0.4, 0.5) is 4.79 Å². The first-order valence-corrected chi connectivity index (χ1v) is 11.0. The number of ether oxygens (including phenoxy) is 2. The van der Waals surface area contributed by atoms with Crippen LogP contribution in [0.1, 0.15) is 30.9 Å². The Labute approximate surface area is 197 Å². The second kappa shape index (κ2) is 9.91. The highest BCUT2D eigenvalue weighted by atomic mass is 35.5. The summed E-state index contributed by atoms with van der Waals surface area (Å²) in [4.78, 5) is 17.1. The van der Waals surface area contributed by atoms with E-state index in [4.69, 9.17) is 30.7 Å².